The lowest BCUT2D eigenvalue weighted by Gasteiger charge is -2.17. The number of nitrogens with zero attached hydrogens (tertiary/aromatic N) is 2. The van der Waals surface area contributed by atoms with Crippen molar-refractivity contribution in [2.24, 2.45) is 17.8 Å². The molecule has 0 aromatic carbocycles. The molecule has 0 spiro atoms. The van der Waals surface area contributed by atoms with E-state index in [1.54, 1.807) is 0 Å². The standard InChI is InChI=1S/C14H22N4/c1-10-2-5-14(18-17-10)16-7-6-11-3-4-12-8-15-9-13(11)12/h2,5,11-13,15H,3-4,6-9H2,1H3,(H,16,18). The minimum atomic E-state index is 0.899. The summed E-state index contributed by atoms with van der Waals surface area (Å²) < 4.78 is 0. The van der Waals surface area contributed by atoms with E-state index >= 15 is 0 Å². The van der Waals surface area contributed by atoms with Crippen LogP contribution in [0.15, 0.2) is 12.1 Å². The molecule has 18 heavy (non-hydrogen) atoms. The van der Waals surface area contributed by atoms with Crippen molar-refractivity contribution in [2.45, 2.75) is 26.2 Å². The topological polar surface area (TPSA) is 49.8 Å². The summed E-state index contributed by atoms with van der Waals surface area (Å²) in [5, 5.41) is 15.1. The number of nitrogens with one attached hydrogen (secondary N) is 2. The second-order valence-corrected chi connectivity index (χ2v) is 5.70. The maximum atomic E-state index is 4.14. The molecule has 0 bridgehead atoms. The van der Waals surface area contributed by atoms with Crippen molar-refractivity contribution in [3.63, 3.8) is 0 Å². The Bertz CT molecular complexity index is 389. The van der Waals surface area contributed by atoms with Gasteiger partial charge in [0, 0.05) is 6.54 Å². The molecule has 4 heteroatoms. The van der Waals surface area contributed by atoms with Crippen LogP contribution in [0.5, 0.6) is 0 Å². The van der Waals surface area contributed by atoms with Gasteiger partial charge in [-0.1, -0.05) is 0 Å². The average molecular weight is 246 g/mol. The smallest absolute Gasteiger partial charge is 0.148 e. The highest BCUT2D eigenvalue weighted by atomic mass is 15.2. The van der Waals surface area contributed by atoms with Crippen LogP contribution in [0, 0.1) is 24.7 Å². The monoisotopic (exact) mass is 246 g/mol. The van der Waals surface area contributed by atoms with Gasteiger partial charge >= 0.3 is 0 Å². The van der Waals surface area contributed by atoms with Crippen LogP contribution < -0.4 is 10.6 Å². The summed E-state index contributed by atoms with van der Waals surface area (Å²) in [5.74, 6) is 3.68. The summed E-state index contributed by atoms with van der Waals surface area (Å²) in [6.07, 6.45) is 4.10. The second kappa shape index (κ2) is 5.22. The predicted octanol–water partition coefficient (Wildman–Crippen LogP) is 1.83. The summed E-state index contributed by atoms with van der Waals surface area (Å²) >= 11 is 0. The Morgan fingerprint density at radius 3 is 3.06 bits per heavy atom. The largest absolute Gasteiger partial charge is 0.369 e. The molecule has 3 rings (SSSR count). The Morgan fingerprint density at radius 1 is 1.28 bits per heavy atom. The quantitative estimate of drug-likeness (QED) is 0.851. The van der Waals surface area contributed by atoms with E-state index in [1.807, 2.05) is 19.1 Å². The molecule has 3 atom stereocenters. The fourth-order valence-electron chi connectivity index (χ4n) is 3.50. The maximum Gasteiger partial charge on any atom is 0.148 e. The molecule has 0 amide bonds. The third-order valence-electron chi connectivity index (χ3n) is 4.52. The Hall–Kier alpha value is -1.16. The second-order valence-electron chi connectivity index (χ2n) is 5.70. The molecule has 3 unspecified atom stereocenters. The molecule has 1 aromatic heterocycles. The average Bonchev–Trinajstić information content (AvgIpc) is 2.96. The summed E-state index contributed by atoms with van der Waals surface area (Å²) in [5.41, 5.74) is 0.969. The lowest BCUT2D eigenvalue weighted by molar-refractivity contribution is 0.362. The molecule has 1 aliphatic heterocycles. The first-order valence-electron chi connectivity index (χ1n) is 7.08. The Labute approximate surface area is 109 Å². The van der Waals surface area contributed by atoms with E-state index in [-0.39, 0.29) is 0 Å². The molecular formula is C14H22N4. The van der Waals surface area contributed by atoms with Gasteiger partial charge < -0.3 is 10.6 Å². The van der Waals surface area contributed by atoms with Gasteiger partial charge in [0.05, 0.1) is 5.69 Å². The van der Waals surface area contributed by atoms with Crippen molar-refractivity contribution in [2.75, 3.05) is 25.0 Å². The number of rotatable bonds is 4. The molecule has 4 nitrogen and oxygen atoms in total. The van der Waals surface area contributed by atoms with Crippen molar-refractivity contribution in [1.29, 1.82) is 0 Å². The predicted molar refractivity (Wildman–Crippen MR) is 72.4 cm³/mol. The minimum absolute atomic E-state index is 0.899. The van der Waals surface area contributed by atoms with Crippen LogP contribution in [0.1, 0.15) is 25.0 Å². The highest BCUT2D eigenvalue weighted by Gasteiger charge is 2.38. The molecule has 1 aliphatic carbocycles. The Kier molecular flexibility index (Phi) is 3.46. The number of aromatic nitrogens is 2. The minimum Gasteiger partial charge on any atom is -0.369 e. The van der Waals surface area contributed by atoms with Crippen LogP contribution in [-0.2, 0) is 0 Å². The molecule has 2 aliphatic rings. The molecule has 1 saturated heterocycles. The SMILES string of the molecule is Cc1ccc(NCCC2CCC3CNCC23)nn1. The van der Waals surface area contributed by atoms with Gasteiger partial charge in [-0.25, -0.2) is 0 Å². The highest BCUT2D eigenvalue weighted by Crippen LogP contribution is 2.40. The first-order chi connectivity index (χ1) is 8.83. The van der Waals surface area contributed by atoms with Crippen molar-refractivity contribution in [1.82, 2.24) is 15.5 Å². The molecule has 2 fully saturated rings. The molecule has 2 heterocycles. The van der Waals surface area contributed by atoms with E-state index in [4.69, 9.17) is 0 Å². The number of hydrogen-bond donors (Lipinski definition) is 2. The third kappa shape index (κ3) is 2.48. The van der Waals surface area contributed by atoms with Gasteiger partial charge in [0.2, 0.25) is 0 Å². The zero-order valence-corrected chi connectivity index (χ0v) is 11.0. The fourth-order valence-corrected chi connectivity index (χ4v) is 3.50. The van der Waals surface area contributed by atoms with E-state index in [0.29, 0.717) is 0 Å². The van der Waals surface area contributed by atoms with Crippen LogP contribution in [0.3, 0.4) is 0 Å². The van der Waals surface area contributed by atoms with Crippen LogP contribution in [0.2, 0.25) is 0 Å². The summed E-state index contributed by atoms with van der Waals surface area (Å²) in [6, 6.07) is 4.01. The zero-order valence-electron chi connectivity index (χ0n) is 11.0. The van der Waals surface area contributed by atoms with E-state index in [9.17, 15) is 0 Å². The van der Waals surface area contributed by atoms with Gasteiger partial charge in [0.25, 0.3) is 0 Å². The van der Waals surface area contributed by atoms with Crippen molar-refractivity contribution in [3.8, 4) is 0 Å². The lowest BCUT2D eigenvalue weighted by atomic mass is 9.90. The number of aryl methyl sites for hydroxylation is 1. The molecular weight excluding hydrogens is 224 g/mol. The van der Waals surface area contributed by atoms with Crippen LogP contribution in [0.4, 0.5) is 5.82 Å². The molecule has 1 saturated carbocycles. The van der Waals surface area contributed by atoms with Crippen LogP contribution in [-0.4, -0.2) is 29.8 Å². The van der Waals surface area contributed by atoms with Gasteiger partial charge in [0.15, 0.2) is 0 Å². The first-order valence-corrected chi connectivity index (χ1v) is 7.08. The summed E-state index contributed by atoms with van der Waals surface area (Å²) in [7, 11) is 0. The molecule has 0 radical (unpaired) electrons. The van der Waals surface area contributed by atoms with E-state index < -0.39 is 0 Å². The Morgan fingerprint density at radius 2 is 2.22 bits per heavy atom. The Balaban J connectivity index is 1.46. The zero-order chi connectivity index (χ0) is 12.4. The number of hydrogen-bond acceptors (Lipinski definition) is 4. The summed E-state index contributed by atoms with van der Waals surface area (Å²) in [4.78, 5) is 0. The van der Waals surface area contributed by atoms with Crippen LogP contribution in [0.25, 0.3) is 0 Å². The van der Waals surface area contributed by atoms with E-state index in [2.05, 4.69) is 20.8 Å². The fraction of sp³-hybridized carbons (Fsp3) is 0.714. The first kappa shape index (κ1) is 11.9. The molecule has 1 aromatic rings. The summed E-state index contributed by atoms with van der Waals surface area (Å²) in [6.45, 7) is 5.46. The van der Waals surface area contributed by atoms with Gasteiger partial charge in [-0.15, -0.1) is 5.10 Å². The van der Waals surface area contributed by atoms with Crippen molar-refractivity contribution in [3.05, 3.63) is 17.8 Å². The van der Waals surface area contributed by atoms with Crippen LogP contribution >= 0.6 is 0 Å². The number of fused-ring (bicyclic) bond motifs is 1. The normalized spacial score (nSPS) is 30.4. The van der Waals surface area contributed by atoms with Gasteiger partial charge in [-0.2, -0.15) is 5.10 Å². The third-order valence-corrected chi connectivity index (χ3v) is 4.52. The van der Waals surface area contributed by atoms with Gasteiger partial charge in [0.1, 0.15) is 5.82 Å². The maximum absolute atomic E-state index is 4.14. The van der Waals surface area contributed by atoms with E-state index in [0.717, 1.165) is 35.8 Å². The van der Waals surface area contributed by atoms with Gasteiger partial charge in [-0.05, 0) is 69.2 Å². The highest BCUT2D eigenvalue weighted by molar-refractivity contribution is 5.32. The molecule has 2 N–H and O–H groups in total. The van der Waals surface area contributed by atoms with Crippen molar-refractivity contribution < 1.29 is 0 Å². The lowest BCUT2D eigenvalue weighted by Crippen LogP contribution is -2.19. The number of anilines is 1. The van der Waals surface area contributed by atoms with Gasteiger partial charge in [-0.3, -0.25) is 0 Å². The van der Waals surface area contributed by atoms with Crippen molar-refractivity contribution >= 4 is 5.82 Å². The van der Waals surface area contributed by atoms with E-state index in [1.165, 1.54) is 32.4 Å². The molecule has 98 valence electrons.